The van der Waals surface area contributed by atoms with Crippen LogP contribution in [-0.2, 0) is 11.2 Å². The van der Waals surface area contributed by atoms with Gasteiger partial charge in [-0.25, -0.2) is 0 Å². The van der Waals surface area contributed by atoms with Crippen molar-refractivity contribution in [1.29, 1.82) is 0 Å². The zero-order chi connectivity index (χ0) is 16.5. The molecule has 2 atom stereocenters. The van der Waals surface area contributed by atoms with E-state index in [9.17, 15) is 0 Å². The first-order chi connectivity index (χ1) is 11.1. The minimum absolute atomic E-state index is 0. The maximum absolute atomic E-state index is 6.78. The number of hydrogen-bond donors (Lipinski definition) is 0. The van der Waals surface area contributed by atoms with E-state index in [-0.39, 0.29) is 18.3 Å². The lowest BCUT2D eigenvalue weighted by atomic mass is 9.90. The summed E-state index contributed by atoms with van der Waals surface area (Å²) in [6, 6.07) is 10.6. The Morgan fingerprint density at radius 2 is 1.88 bits per heavy atom. The second-order valence-electron chi connectivity index (χ2n) is 6.43. The zero-order valence-electron chi connectivity index (χ0n) is 14.7. The summed E-state index contributed by atoms with van der Waals surface area (Å²) in [5, 5.41) is -0.693. The lowest BCUT2D eigenvalue weighted by Crippen LogP contribution is -2.34. The molecule has 2 nitrogen and oxygen atoms in total. The third kappa shape index (κ3) is 6.98. The summed E-state index contributed by atoms with van der Waals surface area (Å²) < 4.78 is 6.06. The number of alkyl halides is 1. The van der Waals surface area contributed by atoms with Crippen molar-refractivity contribution >= 4 is 24.0 Å². The average molecular weight is 370 g/mol. The van der Waals surface area contributed by atoms with E-state index in [0.717, 1.165) is 32.2 Å². The molecule has 1 aliphatic carbocycles. The highest BCUT2D eigenvalue weighted by atomic mass is 35.5. The molecule has 0 spiro atoms. The van der Waals surface area contributed by atoms with Gasteiger partial charge in [-0.15, -0.1) is 12.4 Å². The van der Waals surface area contributed by atoms with Crippen LogP contribution in [0.3, 0.4) is 0 Å². The van der Waals surface area contributed by atoms with Crippen LogP contribution in [0.1, 0.15) is 24.8 Å². The van der Waals surface area contributed by atoms with Crippen molar-refractivity contribution in [2.45, 2.75) is 30.7 Å². The average Bonchev–Trinajstić information content (AvgIpc) is 2.54. The number of hydrogen-bond acceptors (Lipinski definition) is 2. The molecule has 0 saturated carbocycles. The topological polar surface area (TPSA) is 12.5 Å². The number of nitrogens with zero attached hydrogens (tertiary/aromatic N) is 1. The van der Waals surface area contributed by atoms with Crippen molar-refractivity contribution in [3.05, 3.63) is 60.2 Å². The van der Waals surface area contributed by atoms with Gasteiger partial charge in [0.2, 0.25) is 0 Å². The van der Waals surface area contributed by atoms with Gasteiger partial charge in [-0.2, -0.15) is 0 Å². The highest BCUT2D eigenvalue weighted by Gasteiger charge is 2.34. The van der Waals surface area contributed by atoms with E-state index in [2.05, 4.69) is 61.5 Å². The van der Waals surface area contributed by atoms with E-state index in [1.165, 1.54) is 5.56 Å². The lowest BCUT2D eigenvalue weighted by molar-refractivity contribution is 0.0193. The molecule has 0 fully saturated rings. The number of benzene rings is 1. The van der Waals surface area contributed by atoms with Crippen LogP contribution in [0.2, 0.25) is 0 Å². The van der Waals surface area contributed by atoms with E-state index in [0.29, 0.717) is 6.61 Å². The normalized spacial score (nSPS) is 22.6. The molecule has 134 valence electrons. The Bertz CT molecular complexity index is 516. The minimum atomic E-state index is -0.693. The molecule has 1 aromatic rings. The van der Waals surface area contributed by atoms with Crippen LogP contribution in [0.25, 0.3) is 0 Å². The van der Waals surface area contributed by atoms with Crippen molar-refractivity contribution in [3.8, 4) is 0 Å². The minimum Gasteiger partial charge on any atom is -0.355 e. The molecule has 24 heavy (non-hydrogen) atoms. The summed E-state index contributed by atoms with van der Waals surface area (Å²) in [6.07, 6.45) is 12.4. The van der Waals surface area contributed by atoms with Crippen LogP contribution in [-0.4, -0.2) is 37.2 Å². The number of halogens is 2. The predicted molar refractivity (Wildman–Crippen MR) is 106 cm³/mol. The largest absolute Gasteiger partial charge is 0.355 e. The van der Waals surface area contributed by atoms with Crippen LogP contribution < -0.4 is 0 Å². The van der Waals surface area contributed by atoms with Gasteiger partial charge < -0.3 is 9.64 Å². The number of rotatable bonds is 9. The van der Waals surface area contributed by atoms with Gasteiger partial charge in [0.25, 0.3) is 0 Å². The summed E-state index contributed by atoms with van der Waals surface area (Å²) in [6.45, 7) is 1.79. The Labute approximate surface area is 157 Å². The van der Waals surface area contributed by atoms with E-state index in [4.69, 9.17) is 16.3 Å². The lowest BCUT2D eigenvalue weighted by Gasteiger charge is -2.33. The van der Waals surface area contributed by atoms with Crippen molar-refractivity contribution in [2.24, 2.45) is 5.92 Å². The van der Waals surface area contributed by atoms with Gasteiger partial charge in [-0.1, -0.05) is 60.2 Å². The van der Waals surface area contributed by atoms with Gasteiger partial charge >= 0.3 is 0 Å². The van der Waals surface area contributed by atoms with Crippen molar-refractivity contribution in [1.82, 2.24) is 4.90 Å². The van der Waals surface area contributed by atoms with Gasteiger partial charge in [0.05, 0.1) is 0 Å². The maximum atomic E-state index is 6.78. The summed E-state index contributed by atoms with van der Waals surface area (Å²) in [4.78, 5) is 2.20. The predicted octanol–water partition coefficient (Wildman–Crippen LogP) is 5.08. The van der Waals surface area contributed by atoms with Gasteiger partial charge in [0.1, 0.15) is 0 Å². The van der Waals surface area contributed by atoms with Crippen LogP contribution >= 0.6 is 24.0 Å². The second-order valence-corrected chi connectivity index (χ2v) is 7.02. The van der Waals surface area contributed by atoms with E-state index >= 15 is 0 Å². The number of unbranched alkanes of at least 4 members (excludes halogenated alkanes) is 1. The first kappa shape index (κ1) is 21.2. The molecule has 0 amide bonds. The molecule has 0 N–H and O–H groups in total. The van der Waals surface area contributed by atoms with Gasteiger partial charge in [0.15, 0.2) is 5.06 Å². The number of ether oxygens (including phenoxy) is 1. The molecular formula is C20H29Cl2NO. The number of allylic oxidation sites excluding steroid dienone is 2. The van der Waals surface area contributed by atoms with E-state index < -0.39 is 5.06 Å². The molecule has 2 rings (SSSR count). The molecule has 4 heteroatoms. The molecule has 0 aliphatic heterocycles. The van der Waals surface area contributed by atoms with Gasteiger partial charge in [0, 0.05) is 12.5 Å². The Kier molecular flexibility index (Phi) is 9.68. The van der Waals surface area contributed by atoms with Crippen LogP contribution in [0.4, 0.5) is 0 Å². The van der Waals surface area contributed by atoms with Crippen molar-refractivity contribution < 1.29 is 4.74 Å². The molecule has 1 aromatic carbocycles. The molecule has 2 unspecified atom stereocenters. The number of aryl methyl sites for hydroxylation is 1. The Morgan fingerprint density at radius 3 is 2.58 bits per heavy atom. The van der Waals surface area contributed by atoms with Crippen LogP contribution in [0, 0.1) is 5.92 Å². The molecule has 0 heterocycles. The molecule has 1 aliphatic rings. The molecule has 0 bridgehead atoms. The van der Waals surface area contributed by atoms with Crippen LogP contribution in [0.5, 0.6) is 0 Å². The van der Waals surface area contributed by atoms with Crippen molar-refractivity contribution in [2.75, 3.05) is 27.2 Å². The van der Waals surface area contributed by atoms with Crippen molar-refractivity contribution in [3.63, 3.8) is 0 Å². The third-order valence-electron chi connectivity index (χ3n) is 4.19. The van der Waals surface area contributed by atoms with Crippen LogP contribution in [0.15, 0.2) is 54.6 Å². The molecule has 0 saturated heterocycles. The van der Waals surface area contributed by atoms with E-state index in [1.807, 2.05) is 12.2 Å². The van der Waals surface area contributed by atoms with Gasteiger partial charge in [-0.05, 0) is 58.0 Å². The monoisotopic (exact) mass is 369 g/mol. The second kappa shape index (κ2) is 10.9. The fraction of sp³-hybridized carbons (Fsp3) is 0.500. The first-order valence-electron chi connectivity index (χ1n) is 8.48. The maximum Gasteiger partial charge on any atom is 0.167 e. The summed E-state index contributed by atoms with van der Waals surface area (Å²) >= 11 is 6.78. The fourth-order valence-corrected chi connectivity index (χ4v) is 3.15. The fourth-order valence-electron chi connectivity index (χ4n) is 2.81. The standard InChI is InChI=1S/C20H28ClNO.ClH/c1-22(2)16-8-9-17-23-20(21)15-7-6-12-19(20)14-13-18-10-4-3-5-11-18;/h3-7,10-12,15,19H,8-9,13-14,16-17H2,1-2H3;1H. The molecular weight excluding hydrogens is 341 g/mol. The Hall–Kier alpha value is -0.800. The SMILES string of the molecule is CN(C)CCCCOC1(Cl)C=CC=CC1CCc1ccccc1.Cl. The zero-order valence-corrected chi connectivity index (χ0v) is 16.2. The summed E-state index contributed by atoms with van der Waals surface area (Å²) in [7, 11) is 4.19. The molecule has 0 aromatic heterocycles. The highest BCUT2D eigenvalue weighted by Crippen LogP contribution is 2.36. The Morgan fingerprint density at radius 1 is 1.12 bits per heavy atom. The quantitative estimate of drug-likeness (QED) is 0.444. The molecule has 0 radical (unpaired) electrons. The first-order valence-corrected chi connectivity index (χ1v) is 8.85. The van der Waals surface area contributed by atoms with E-state index in [1.54, 1.807) is 0 Å². The Balaban J connectivity index is 0.00000288. The third-order valence-corrected chi connectivity index (χ3v) is 4.71. The van der Waals surface area contributed by atoms with Gasteiger partial charge in [-0.3, -0.25) is 0 Å². The smallest absolute Gasteiger partial charge is 0.167 e. The summed E-state index contributed by atoms with van der Waals surface area (Å²) in [5.41, 5.74) is 1.35. The summed E-state index contributed by atoms with van der Waals surface area (Å²) in [5.74, 6) is 0.211. The highest BCUT2D eigenvalue weighted by molar-refractivity contribution is 6.24.